The molecule has 2 N–H and O–H groups in total. The van der Waals surface area contributed by atoms with Crippen molar-refractivity contribution in [1.29, 1.82) is 5.41 Å². The van der Waals surface area contributed by atoms with Gasteiger partial charge in [-0.05, 0) is 37.5 Å². The molecule has 0 aromatic heterocycles. The highest BCUT2D eigenvalue weighted by atomic mass is 16.1. The van der Waals surface area contributed by atoms with Crippen LogP contribution in [0.1, 0.15) is 40.9 Å². The van der Waals surface area contributed by atoms with Crippen LogP contribution < -0.4 is 5.32 Å². The quantitative estimate of drug-likeness (QED) is 0.514. The van der Waals surface area contributed by atoms with Gasteiger partial charge < -0.3 is 10.7 Å². The first-order valence-corrected chi connectivity index (χ1v) is 7.71. The zero-order chi connectivity index (χ0) is 16.4. The Morgan fingerprint density at radius 2 is 1.91 bits per heavy atom. The SMILES string of the molecule is CC1(C)Cc2cc(C=N)ccc2/C(=C/C(=O)c2ccccc2)N1. The highest BCUT2D eigenvalue weighted by Crippen LogP contribution is 2.30. The van der Waals surface area contributed by atoms with Crippen molar-refractivity contribution in [2.75, 3.05) is 0 Å². The maximum absolute atomic E-state index is 12.5. The second-order valence-electron chi connectivity index (χ2n) is 6.53. The Morgan fingerprint density at radius 1 is 1.17 bits per heavy atom. The average Bonchev–Trinajstić information content (AvgIpc) is 2.54. The van der Waals surface area contributed by atoms with E-state index in [0.29, 0.717) is 5.56 Å². The largest absolute Gasteiger partial charge is 0.379 e. The number of nitrogens with one attached hydrogen (secondary N) is 2. The van der Waals surface area contributed by atoms with Gasteiger partial charge in [-0.15, -0.1) is 0 Å². The highest BCUT2D eigenvalue weighted by Gasteiger charge is 2.28. The molecule has 0 unspecified atom stereocenters. The van der Waals surface area contributed by atoms with Gasteiger partial charge in [0.1, 0.15) is 0 Å². The van der Waals surface area contributed by atoms with Gasteiger partial charge in [-0.25, -0.2) is 0 Å². The van der Waals surface area contributed by atoms with Crippen LogP contribution in [0.4, 0.5) is 0 Å². The van der Waals surface area contributed by atoms with Gasteiger partial charge in [-0.2, -0.15) is 0 Å². The summed E-state index contributed by atoms with van der Waals surface area (Å²) in [6.07, 6.45) is 3.90. The van der Waals surface area contributed by atoms with E-state index < -0.39 is 0 Å². The third-order valence-corrected chi connectivity index (χ3v) is 4.03. The average molecular weight is 304 g/mol. The van der Waals surface area contributed by atoms with E-state index in [1.54, 1.807) is 6.08 Å². The third kappa shape index (κ3) is 3.24. The second-order valence-corrected chi connectivity index (χ2v) is 6.53. The van der Waals surface area contributed by atoms with Gasteiger partial charge in [-0.3, -0.25) is 4.79 Å². The lowest BCUT2D eigenvalue weighted by molar-refractivity contribution is 0.104. The molecule has 3 heteroatoms. The zero-order valence-electron chi connectivity index (χ0n) is 13.4. The maximum atomic E-state index is 12.5. The standard InChI is InChI=1S/C20H20N2O/c1-20(2)12-16-10-14(13-21)8-9-17(16)18(22-20)11-19(23)15-6-4-3-5-7-15/h3-11,13,21-22H,12H2,1-2H3/b18-11-,21-13?. The fraction of sp³-hybridized carbons (Fsp3) is 0.200. The summed E-state index contributed by atoms with van der Waals surface area (Å²) in [7, 11) is 0. The predicted molar refractivity (Wildman–Crippen MR) is 94.0 cm³/mol. The number of benzene rings is 2. The van der Waals surface area contributed by atoms with E-state index in [-0.39, 0.29) is 11.3 Å². The van der Waals surface area contributed by atoms with Crippen molar-refractivity contribution in [3.8, 4) is 0 Å². The molecule has 23 heavy (non-hydrogen) atoms. The fourth-order valence-electron chi connectivity index (χ4n) is 3.00. The van der Waals surface area contributed by atoms with Crippen LogP contribution >= 0.6 is 0 Å². The Hall–Kier alpha value is -2.68. The summed E-state index contributed by atoms with van der Waals surface area (Å²) < 4.78 is 0. The van der Waals surface area contributed by atoms with Crippen molar-refractivity contribution in [1.82, 2.24) is 5.32 Å². The van der Waals surface area contributed by atoms with Crippen LogP contribution in [-0.2, 0) is 6.42 Å². The van der Waals surface area contributed by atoms with Crippen molar-refractivity contribution in [2.24, 2.45) is 0 Å². The lowest BCUT2D eigenvalue weighted by Gasteiger charge is -2.35. The van der Waals surface area contributed by atoms with E-state index in [9.17, 15) is 4.79 Å². The van der Waals surface area contributed by atoms with Gasteiger partial charge in [0.05, 0.1) is 0 Å². The maximum Gasteiger partial charge on any atom is 0.187 e. The van der Waals surface area contributed by atoms with Crippen molar-refractivity contribution in [2.45, 2.75) is 25.8 Å². The van der Waals surface area contributed by atoms with Crippen molar-refractivity contribution in [3.05, 3.63) is 76.9 Å². The van der Waals surface area contributed by atoms with Crippen molar-refractivity contribution in [3.63, 3.8) is 0 Å². The van der Waals surface area contributed by atoms with Crippen LogP contribution in [0.3, 0.4) is 0 Å². The van der Waals surface area contributed by atoms with Gasteiger partial charge in [0.2, 0.25) is 0 Å². The Bertz CT molecular complexity index is 789. The molecule has 0 bridgehead atoms. The van der Waals surface area contributed by atoms with Gasteiger partial charge >= 0.3 is 0 Å². The van der Waals surface area contributed by atoms with Crippen molar-refractivity contribution >= 4 is 17.7 Å². The molecule has 0 radical (unpaired) electrons. The summed E-state index contributed by atoms with van der Waals surface area (Å²) >= 11 is 0. The van der Waals surface area contributed by atoms with Gasteiger partial charge in [0.25, 0.3) is 0 Å². The molecule has 0 aliphatic carbocycles. The highest BCUT2D eigenvalue weighted by molar-refractivity contribution is 6.08. The second kappa shape index (κ2) is 5.84. The van der Waals surface area contributed by atoms with Crippen molar-refractivity contribution < 1.29 is 4.79 Å². The molecule has 0 saturated heterocycles. The fourth-order valence-corrected chi connectivity index (χ4v) is 3.00. The number of hydrogen-bond acceptors (Lipinski definition) is 3. The Balaban J connectivity index is 2.04. The smallest absolute Gasteiger partial charge is 0.187 e. The summed E-state index contributed by atoms with van der Waals surface area (Å²) in [5, 5.41) is 10.9. The molecule has 1 aliphatic rings. The summed E-state index contributed by atoms with van der Waals surface area (Å²) in [5.74, 6) is -0.00659. The van der Waals surface area contributed by atoms with Gasteiger partial charge in [0.15, 0.2) is 5.78 Å². The first-order chi connectivity index (χ1) is 11.0. The predicted octanol–water partition coefficient (Wildman–Crippen LogP) is 3.83. The number of ketones is 1. The van der Waals surface area contributed by atoms with Crippen LogP contribution in [0.5, 0.6) is 0 Å². The summed E-state index contributed by atoms with van der Waals surface area (Å²) in [6, 6.07) is 15.2. The normalized spacial score (nSPS) is 17.2. The van der Waals surface area contributed by atoms with E-state index in [1.807, 2.05) is 48.5 Å². The van der Waals surface area contributed by atoms with Crippen LogP contribution in [0.15, 0.2) is 54.6 Å². The molecular weight excluding hydrogens is 284 g/mol. The van der Waals surface area contributed by atoms with E-state index in [0.717, 1.165) is 23.2 Å². The third-order valence-electron chi connectivity index (χ3n) is 4.03. The van der Waals surface area contributed by atoms with Gasteiger partial charge in [0, 0.05) is 34.7 Å². The molecule has 2 aromatic carbocycles. The van der Waals surface area contributed by atoms with E-state index in [4.69, 9.17) is 5.41 Å². The summed E-state index contributed by atoms with van der Waals surface area (Å²) in [4.78, 5) is 12.5. The van der Waals surface area contributed by atoms with Gasteiger partial charge in [-0.1, -0.05) is 42.5 Å². The molecule has 3 rings (SSSR count). The molecule has 0 atom stereocenters. The van der Waals surface area contributed by atoms with E-state index >= 15 is 0 Å². The van der Waals surface area contributed by atoms with Crippen LogP contribution in [-0.4, -0.2) is 17.5 Å². The Morgan fingerprint density at radius 3 is 2.61 bits per heavy atom. The molecule has 2 aromatic rings. The molecule has 1 aliphatic heterocycles. The minimum absolute atomic E-state index is 0.00659. The Kier molecular flexibility index (Phi) is 3.87. The number of fused-ring (bicyclic) bond motifs is 1. The number of allylic oxidation sites excluding steroid dienone is 1. The van der Waals surface area contributed by atoms with Crippen LogP contribution in [0.2, 0.25) is 0 Å². The van der Waals surface area contributed by atoms with E-state index in [1.165, 1.54) is 11.8 Å². The topological polar surface area (TPSA) is 53.0 Å². The van der Waals surface area contributed by atoms with E-state index in [2.05, 4.69) is 19.2 Å². The summed E-state index contributed by atoms with van der Waals surface area (Å²) in [6.45, 7) is 4.24. The molecule has 116 valence electrons. The minimum atomic E-state index is -0.129. The number of carbonyl (C=O) groups is 1. The lowest BCUT2D eigenvalue weighted by Crippen LogP contribution is -2.43. The Labute approximate surface area is 136 Å². The molecule has 0 fully saturated rings. The zero-order valence-corrected chi connectivity index (χ0v) is 13.4. The minimum Gasteiger partial charge on any atom is -0.379 e. The molecule has 0 saturated carbocycles. The number of carbonyl (C=O) groups excluding carboxylic acids is 1. The number of hydrogen-bond donors (Lipinski definition) is 2. The molecule has 3 nitrogen and oxygen atoms in total. The first-order valence-electron chi connectivity index (χ1n) is 7.71. The van der Waals surface area contributed by atoms with Crippen LogP contribution in [0.25, 0.3) is 5.70 Å². The first kappa shape index (κ1) is 15.2. The monoisotopic (exact) mass is 304 g/mol. The molecule has 0 spiro atoms. The molecule has 1 heterocycles. The summed E-state index contributed by atoms with van der Waals surface area (Å²) in [5.41, 5.74) is 4.50. The lowest BCUT2D eigenvalue weighted by atomic mass is 9.84. The number of rotatable bonds is 3. The molecular formula is C20H20N2O. The van der Waals surface area contributed by atoms with Crippen LogP contribution in [0, 0.1) is 5.41 Å². The molecule has 0 amide bonds.